The predicted octanol–water partition coefficient (Wildman–Crippen LogP) is 3.25. The van der Waals surface area contributed by atoms with Gasteiger partial charge in [-0.2, -0.15) is 0 Å². The van der Waals surface area contributed by atoms with Gasteiger partial charge >= 0.3 is 0 Å². The molecule has 2 rings (SSSR count). The lowest BCUT2D eigenvalue weighted by Crippen LogP contribution is -2.13. The molecule has 0 saturated carbocycles. The van der Waals surface area contributed by atoms with E-state index >= 15 is 0 Å². The van der Waals surface area contributed by atoms with Crippen LogP contribution in [0.5, 0.6) is 0 Å². The van der Waals surface area contributed by atoms with Gasteiger partial charge in [-0.25, -0.2) is 4.98 Å². The second-order valence-corrected chi connectivity index (χ2v) is 4.04. The van der Waals surface area contributed by atoms with Gasteiger partial charge in [-0.05, 0) is 31.2 Å². The third-order valence-electron chi connectivity index (χ3n) is 2.60. The van der Waals surface area contributed by atoms with Gasteiger partial charge in [0.2, 0.25) is 0 Å². The summed E-state index contributed by atoms with van der Waals surface area (Å²) in [4.78, 5) is 4.58. The maximum Gasteiger partial charge on any atom is 0.0709 e. The van der Waals surface area contributed by atoms with Gasteiger partial charge < -0.3 is 5.32 Å². The predicted molar refractivity (Wildman–Crippen MR) is 73.9 cm³/mol. The third kappa shape index (κ3) is 3.40. The lowest BCUT2D eigenvalue weighted by atomic mass is 10.2. The number of rotatable bonds is 5. The number of nitrogens with zero attached hydrogens (tertiary/aromatic N) is 1. The van der Waals surface area contributed by atoms with Crippen molar-refractivity contribution in [2.45, 2.75) is 13.3 Å². The second-order valence-electron chi connectivity index (χ2n) is 4.04. The molecule has 2 nitrogen and oxygen atoms in total. The molecule has 1 heterocycles. The van der Waals surface area contributed by atoms with Crippen LogP contribution in [0.4, 0.5) is 0 Å². The van der Waals surface area contributed by atoms with Gasteiger partial charge in [-0.3, -0.25) is 0 Å². The molecule has 0 aliphatic heterocycles. The minimum absolute atomic E-state index is 0.905. The highest BCUT2D eigenvalue weighted by Crippen LogP contribution is 2.12. The molecular formula is C15H18N2. The van der Waals surface area contributed by atoms with Crippen LogP contribution in [-0.4, -0.2) is 18.1 Å². The zero-order valence-corrected chi connectivity index (χ0v) is 10.2. The number of nitrogens with one attached hydrogen (secondary N) is 1. The Labute approximate surface area is 102 Å². The number of hydrogen-bond donors (Lipinski definition) is 1. The van der Waals surface area contributed by atoms with Gasteiger partial charge in [0.15, 0.2) is 0 Å². The van der Waals surface area contributed by atoms with Gasteiger partial charge in [0.1, 0.15) is 0 Å². The molecular weight excluding hydrogens is 208 g/mol. The summed E-state index contributed by atoms with van der Waals surface area (Å²) in [7, 11) is 0. The quantitative estimate of drug-likeness (QED) is 0.792. The Hall–Kier alpha value is -1.67. The number of para-hydroxylation sites is 1. The molecule has 0 amide bonds. The molecule has 0 fully saturated rings. The van der Waals surface area contributed by atoms with E-state index in [9.17, 15) is 0 Å². The van der Waals surface area contributed by atoms with Crippen LogP contribution < -0.4 is 5.32 Å². The Kier molecular flexibility index (Phi) is 4.28. The van der Waals surface area contributed by atoms with Gasteiger partial charge in [0.25, 0.3) is 0 Å². The number of fused-ring (bicyclic) bond motifs is 1. The lowest BCUT2D eigenvalue weighted by Gasteiger charge is -1.99. The standard InChI is InChI=1S/C15H18N2/c1-2-11-16-12-5-7-14-10-9-13-6-3-4-8-15(13)17-14/h3-10,16H,2,11-12H2,1H3. The Morgan fingerprint density at radius 1 is 1.18 bits per heavy atom. The molecule has 0 bridgehead atoms. The van der Waals surface area contributed by atoms with E-state index in [0.29, 0.717) is 0 Å². The van der Waals surface area contributed by atoms with Crippen molar-refractivity contribution < 1.29 is 0 Å². The molecule has 0 aliphatic carbocycles. The normalized spacial score (nSPS) is 11.4. The Morgan fingerprint density at radius 3 is 2.94 bits per heavy atom. The van der Waals surface area contributed by atoms with E-state index in [1.807, 2.05) is 18.2 Å². The average molecular weight is 226 g/mol. The topological polar surface area (TPSA) is 24.9 Å². The minimum Gasteiger partial charge on any atom is -0.313 e. The molecule has 0 aliphatic rings. The minimum atomic E-state index is 0.905. The summed E-state index contributed by atoms with van der Waals surface area (Å²) >= 11 is 0. The first kappa shape index (κ1) is 11.8. The molecule has 1 aromatic carbocycles. The highest BCUT2D eigenvalue weighted by molar-refractivity contribution is 5.79. The van der Waals surface area contributed by atoms with Crippen LogP contribution in [0.2, 0.25) is 0 Å². The van der Waals surface area contributed by atoms with Crippen LogP contribution in [0.1, 0.15) is 19.0 Å². The van der Waals surface area contributed by atoms with E-state index < -0.39 is 0 Å². The maximum atomic E-state index is 4.58. The molecule has 0 saturated heterocycles. The van der Waals surface area contributed by atoms with E-state index in [1.165, 1.54) is 11.8 Å². The highest BCUT2D eigenvalue weighted by Gasteiger charge is 1.93. The second kappa shape index (κ2) is 6.16. The van der Waals surface area contributed by atoms with E-state index in [0.717, 1.165) is 24.3 Å². The van der Waals surface area contributed by atoms with Crippen molar-refractivity contribution in [3.05, 3.63) is 48.2 Å². The summed E-state index contributed by atoms with van der Waals surface area (Å²) in [6.07, 6.45) is 5.35. The smallest absolute Gasteiger partial charge is 0.0709 e. The zero-order chi connectivity index (χ0) is 11.9. The van der Waals surface area contributed by atoms with E-state index in [2.05, 4.69) is 47.6 Å². The Morgan fingerprint density at radius 2 is 2.06 bits per heavy atom. The summed E-state index contributed by atoms with van der Waals surface area (Å²) in [5.41, 5.74) is 2.07. The monoisotopic (exact) mass is 226 g/mol. The molecule has 88 valence electrons. The molecule has 1 aromatic heterocycles. The highest BCUT2D eigenvalue weighted by atomic mass is 14.8. The largest absolute Gasteiger partial charge is 0.313 e. The molecule has 0 radical (unpaired) electrons. The van der Waals surface area contributed by atoms with Crippen LogP contribution in [0, 0.1) is 0 Å². The van der Waals surface area contributed by atoms with Crippen molar-refractivity contribution in [2.75, 3.05) is 13.1 Å². The summed E-state index contributed by atoms with van der Waals surface area (Å²) in [5.74, 6) is 0. The number of benzene rings is 1. The fourth-order valence-corrected chi connectivity index (χ4v) is 1.72. The van der Waals surface area contributed by atoms with Crippen LogP contribution in [-0.2, 0) is 0 Å². The Balaban J connectivity index is 2.04. The van der Waals surface area contributed by atoms with Crippen molar-refractivity contribution in [1.29, 1.82) is 0 Å². The average Bonchev–Trinajstić information content (AvgIpc) is 2.38. The summed E-state index contributed by atoms with van der Waals surface area (Å²) < 4.78 is 0. The molecule has 17 heavy (non-hydrogen) atoms. The fraction of sp³-hybridized carbons (Fsp3) is 0.267. The molecule has 0 spiro atoms. The van der Waals surface area contributed by atoms with Crippen LogP contribution >= 0.6 is 0 Å². The zero-order valence-electron chi connectivity index (χ0n) is 10.2. The summed E-state index contributed by atoms with van der Waals surface area (Å²) in [6.45, 7) is 4.14. The number of hydrogen-bond acceptors (Lipinski definition) is 2. The SMILES string of the molecule is CCCNCC=Cc1ccc2ccccc2n1. The first-order chi connectivity index (χ1) is 8.40. The van der Waals surface area contributed by atoms with Crippen molar-refractivity contribution in [3.8, 4) is 0 Å². The molecule has 2 aromatic rings. The maximum absolute atomic E-state index is 4.58. The van der Waals surface area contributed by atoms with Gasteiger partial charge in [0.05, 0.1) is 11.2 Å². The fourth-order valence-electron chi connectivity index (χ4n) is 1.72. The van der Waals surface area contributed by atoms with Gasteiger partial charge in [-0.1, -0.05) is 37.3 Å². The van der Waals surface area contributed by atoms with Gasteiger partial charge in [0, 0.05) is 11.9 Å². The van der Waals surface area contributed by atoms with Crippen molar-refractivity contribution in [1.82, 2.24) is 10.3 Å². The first-order valence-corrected chi connectivity index (χ1v) is 6.13. The molecule has 0 atom stereocenters. The first-order valence-electron chi connectivity index (χ1n) is 6.13. The third-order valence-corrected chi connectivity index (χ3v) is 2.60. The summed E-state index contributed by atoms with van der Waals surface area (Å²) in [5, 5.41) is 4.52. The van der Waals surface area contributed by atoms with Crippen LogP contribution in [0.25, 0.3) is 17.0 Å². The lowest BCUT2D eigenvalue weighted by molar-refractivity contribution is 0.730. The number of pyridine rings is 1. The van der Waals surface area contributed by atoms with E-state index in [-0.39, 0.29) is 0 Å². The van der Waals surface area contributed by atoms with Gasteiger partial charge in [-0.15, -0.1) is 0 Å². The van der Waals surface area contributed by atoms with Crippen LogP contribution in [0.15, 0.2) is 42.5 Å². The number of aromatic nitrogens is 1. The van der Waals surface area contributed by atoms with E-state index in [4.69, 9.17) is 0 Å². The van der Waals surface area contributed by atoms with Crippen LogP contribution in [0.3, 0.4) is 0 Å². The Bertz CT molecular complexity index is 503. The molecule has 0 unspecified atom stereocenters. The summed E-state index contributed by atoms with van der Waals surface area (Å²) in [6, 6.07) is 12.3. The molecule has 2 heteroatoms. The van der Waals surface area contributed by atoms with E-state index in [1.54, 1.807) is 0 Å². The van der Waals surface area contributed by atoms with Crippen molar-refractivity contribution in [3.63, 3.8) is 0 Å². The van der Waals surface area contributed by atoms with Crippen molar-refractivity contribution >= 4 is 17.0 Å². The molecule has 1 N–H and O–H groups in total. The van der Waals surface area contributed by atoms with Crippen molar-refractivity contribution in [2.24, 2.45) is 0 Å².